The maximum Gasteiger partial charge on any atom is 0.162 e. The van der Waals surface area contributed by atoms with E-state index in [1.165, 1.54) is 0 Å². The molecule has 0 spiro atoms. The molecule has 0 aliphatic heterocycles. The number of ether oxygens (including phenoxy) is 3. The van der Waals surface area contributed by atoms with E-state index >= 15 is 0 Å². The summed E-state index contributed by atoms with van der Waals surface area (Å²) in [5.74, 6) is 1.47. The molecule has 0 fully saturated rings. The second kappa shape index (κ2) is 6.50. The van der Waals surface area contributed by atoms with Crippen LogP contribution in [0.5, 0.6) is 11.5 Å². The molecule has 0 aliphatic rings. The predicted molar refractivity (Wildman–Crippen MR) is 73.8 cm³/mol. The van der Waals surface area contributed by atoms with Crippen LogP contribution in [0.15, 0.2) is 12.1 Å². The average Bonchev–Trinajstić information content (AvgIpc) is 2.39. The van der Waals surface area contributed by atoms with Crippen LogP contribution in [0, 0.1) is 6.92 Å². The van der Waals surface area contributed by atoms with Gasteiger partial charge >= 0.3 is 0 Å². The van der Waals surface area contributed by atoms with Crippen molar-refractivity contribution in [2.45, 2.75) is 32.9 Å². The largest absolute Gasteiger partial charge is 0.493 e. The number of hydrogen-bond donors (Lipinski definition) is 1. The molecule has 0 saturated carbocycles. The lowest BCUT2D eigenvalue weighted by atomic mass is 10.1. The molecule has 0 heterocycles. The quantitative estimate of drug-likeness (QED) is 0.846. The molecule has 1 aromatic rings. The molecule has 4 heteroatoms. The fourth-order valence-electron chi connectivity index (χ4n) is 1.70. The monoisotopic (exact) mass is 253 g/mol. The second-order valence-electron chi connectivity index (χ2n) is 4.40. The Morgan fingerprint density at radius 2 is 1.56 bits per heavy atom. The molecule has 0 aromatic heterocycles. The Bertz CT molecular complexity index is 393. The standard InChI is InChI=1S/C14H23NO3/c1-9-7-13(17-5)14(18-6)8-12(9)15-10(2)11(3)16-4/h7-8,10-11,15H,1-6H3. The SMILES string of the molecule is COc1cc(C)c(NC(C)C(C)OC)cc1OC. The summed E-state index contributed by atoms with van der Waals surface area (Å²) in [6, 6.07) is 4.13. The Kier molecular flexibility index (Phi) is 5.28. The van der Waals surface area contributed by atoms with Crippen LogP contribution < -0.4 is 14.8 Å². The van der Waals surface area contributed by atoms with E-state index in [2.05, 4.69) is 12.2 Å². The highest BCUT2D eigenvalue weighted by atomic mass is 16.5. The van der Waals surface area contributed by atoms with Crippen molar-refractivity contribution in [3.8, 4) is 11.5 Å². The fraction of sp³-hybridized carbons (Fsp3) is 0.571. The Morgan fingerprint density at radius 1 is 1.00 bits per heavy atom. The van der Waals surface area contributed by atoms with Crippen LogP contribution in [0.25, 0.3) is 0 Å². The van der Waals surface area contributed by atoms with E-state index in [1.54, 1.807) is 21.3 Å². The lowest BCUT2D eigenvalue weighted by molar-refractivity contribution is 0.106. The van der Waals surface area contributed by atoms with Crippen LogP contribution >= 0.6 is 0 Å². The van der Waals surface area contributed by atoms with Gasteiger partial charge in [-0.25, -0.2) is 0 Å². The summed E-state index contributed by atoms with van der Waals surface area (Å²) in [5, 5.41) is 3.43. The minimum absolute atomic E-state index is 0.137. The van der Waals surface area contributed by atoms with Crippen LogP contribution in [-0.2, 0) is 4.74 Å². The predicted octanol–water partition coefficient (Wildman–Crippen LogP) is 2.85. The number of aryl methyl sites for hydroxylation is 1. The third-order valence-corrected chi connectivity index (χ3v) is 3.19. The zero-order chi connectivity index (χ0) is 13.7. The van der Waals surface area contributed by atoms with Crippen molar-refractivity contribution >= 4 is 5.69 Å². The molecule has 1 N–H and O–H groups in total. The normalized spacial score (nSPS) is 13.9. The van der Waals surface area contributed by atoms with Gasteiger partial charge in [-0.15, -0.1) is 0 Å². The molecule has 2 atom stereocenters. The molecule has 4 nitrogen and oxygen atoms in total. The van der Waals surface area contributed by atoms with Crippen molar-refractivity contribution < 1.29 is 14.2 Å². The van der Waals surface area contributed by atoms with Crippen molar-refractivity contribution in [3.05, 3.63) is 17.7 Å². The molecule has 0 radical (unpaired) electrons. The van der Waals surface area contributed by atoms with E-state index < -0.39 is 0 Å². The van der Waals surface area contributed by atoms with Crippen LogP contribution in [0.4, 0.5) is 5.69 Å². The van der Waals surface area contributed by atoms with Gasteiger partial charge in [-0.2, -0.15) is 0 Å². The molecular formula is C14H23NO3. The average molecular weight is 253 g/mol. The number of hydrogen-bond acceptors (Lipinski definition) is 4. The van der Waals surface area contributed by atoms with E-state index in [1.807, 2.05) is 26.0 Å². The van der Waals surface area contributed by atoms with Gasteiger partial charge in [0, 0.05) is 24.9 Å². The number of rotatable bonds is 6. The van der Waals surface area contributed by atoms with Gasteiger partial charge in [-0.3, -0.25) is 0 Å². The van der Waals surface area contributed by atoms with Crippen molar-refractivity contribution in [1.29, 1.82) is 0 Å². The van der Waals surface area contributed by atoms with Gasteiger partial charge in [0.05, 0.1) is 20.3 Å². The molecule has 1 aromatic carbocycles. The molecule has 0 amide bonds. The first kappa shape index (κ1) is 14.6. The van der Waals surface area contributed by atoms with Crippen molar-refractivity contribution in [2.24, 2.45) is 0 Å². The lowest BCUT2D eigenvalue weighted by Gasteiger charge is -2.23. The first-order valence-corrected chi connectivity index (χ1v) is 6.05. The number of nitrogens with one attached hydrogen (secondary N) is 1. The third kappa shape index (κ3) is 3.29. The van der Waals surface area contributed by atoms with Crippen molar-refractivity contribution in [1.82, 2.24) is 0 Å². The minimum Gasteiger partial charge on any atom is -0.493 e. The summed E-state index contributed by atoms with van der Waals surface area (Å²) in [6.45, 7) is 6.16. The summed E-state index contributed by atoms with van der Waals surface area (Å²) in [6.07, 6.45) is 0.137. The fourth-order valence-corrected chi connectivity index (χ4v) is 1.70. The van der Waals surface area contributed by atoms with E-state index in [0.29, 0.717) is 0 Å². The Labute approximate surface area is 109 Å². The minimum atomic E-state index is 0.137. The van der Waals surface area contributed by atoms with Crippen molar-refractivity contribution in [3.63, 3.8) is 0 Å². The number of benzene rings is 1. The first-order valence-electron chi connectivity index (χ1n) is 6.05. The topological polar surface area (TPSA) is 39.7 Å². The van der Waals surface area contributed by atoms with Crippen molar-refractivity contribution in [2.75, 3.05) is 26.6 Å². The Balaban J connectivity index is 2.95. The van der Waals surface area contributed by atoms with E-state index in [4.69, 9.17) is 14.2 Å². The zero-order valence-electron chi connectivity index (χ0n) is 12.0. The Morgan fingerprint density at radius 3 is 2.06 bits per heavy atom. The maximum atomic E-state index is 5.31. The van der Waals surface area contributed by atoms with Crippen LogP contribution in [0.2, 0.25) is 0 Å². The summed E-state index contributed by atoms with van der Waals surface area (Å²) >= 11 is 0. The lowest BCUT2D eigenvalue weighted by Crippen LogP contribution is -2.29. The maximum absolute atomic E-state index is 5.31. The van der Waals surface area contributed by atoms with Crippen LogP contribution in [0.3, 0.4) is 0 Å². The highest BCUT2D eigenvalue weighted by Gasteiger charge is 2.14. The van der Waals surface area contributed by atoms with Gasteiger partial charge in [-0.05, 0) is 32.4 Å². The molecule has 102 valence electrons. The molecule has 1 rings (SSSR count). The van der Waals surface area contributed by atoms with Gasteiger partial charge in [0.25, 0.3) is 0 Å². The molecule has 18 heavy (non-hydrogen) atoms. The summed E-state index contributed by atoms with van der Waals surface area (Å²) in [4.78, 5) is 0. The first-order chi connectivity index (χ1) is 8.53. The van der Waals surface area contributed by atoms with E-state index in [9.17, 15) is 0 Å². The molecular weight excluding hydrogens is 230 g/mol. The smallest absolute Gasteiger partial charge is 0.162 e. The highest BCUT2D eigenvalue weighted by molar-refractivity contribution is 5.60. The van der Waals surface area contributed by atoms with Gasteiger partial charge in [0.2, 0.25) is 0 Å². The number of methoxy groups -OCH3 is 3. The molecule has 0 aliphatic carbocycles. The Hall–Kier alpha value is -1.42. The molecule has 0 bridgehead atoms. The van der Waals surface area contributed by atoms with Crippen LogP contribution in [0.1, 0.15) is 19.4 Å². The summed E-state index contributed by atoms with van der Waals surface area (Å²) in [5.41, 5.74) is 2.15. The third-order valence-electron chi connectivity index (χ3n) is 3.19. The summed E-state index contributed by atoms with van der Waals surface area (Å²) in [7, 11) is 4.99. The second-order valence-corrected chi connectivity index (χ2v) is 4.40. The van der Waals surface area contributed by atoms with Gasteiger partial charge in [0.15, 0.2) is 11.5 Å². The highest BCUT2D eigenvalue weighted by Crippen LogP contribution is 2.33. The number of anilines is 1. The van der Waals surface area contributed by atoms with Crippen LogP contribution in [-0.4, -0.2) is 33.5 Å². The van der Waals surface area contributed by atoms with E-state index in [0.717, 1.165) is 22.7 Å². The zero-order valence-corrected chi connectivity index (χ0v) is 12.0. The van der Waals surface area contributed by atoms with E-state index in [-0.39, 0.29) is 12.1 Å². The van der Waals surface area contributed by atoms with Gasteiger partial charge in [-0.1, -0.05) is 0 Å². The molecule has 2 unspecified atom stereocenters. The van der Waals surface area contributed by atoms with Gasteiger partial charge in [0.1, 0.15) is 0 Å². The summed E-state index contributed by atoms with van der Waals surface area (Å²) < 4.78 is 15.9. The molecule has 0 saturated heterocycles. The van der Waals surface area contributed by atoms with Gasteiger partial charge < -0.3 is 19.5 Å².